The summed E-state index contributed by atoms with van der Waals surface area (Å²) < 4.78 is 0. The molecule has 2 aromatic rings. The lowest BCUT2D eigenvalue weighted by Crippen LogP contribution is -2.14. The molecule has 0 aliphatic rings. The summed E-state index contributed by atoms with van der Waals surface area (Å²) in [6, 6.07) is 9.32. The van der Waals surface area contributed by atoms with Crippen LogP contribution in [0.3, 0.4) is 0 Å². The Hall–Kier alpha value is -2.20. The molecule has 0 saturated heterocycles. The third-order valence-corrected chi connectivity index (χ3v) is 3.02. The number of primary amides is 1. The molecule has 0 aliphatic heterocycles. The maximum absolute atomic E-state index is 10.9. The molecule has 0 saturated carbocycles. The lowest BCUT2D eigenvalue weighted by atomic mass is 10.1. The van der Waals surface area contributed by atoms with Crippen molar-refractivity contribution in [1.29, 1.82) is 0 Å². The molecule has 4 heteroatoms. The molecule has 0 aliphatic carbocycles. The Morgan fingerprint density at radius 1 is 1.21 bits per heavy atom. The zero-order valence-electron chi connectivity index (χ0n) is 10.9. The van der Waals surface area contributed by atoms with E-state index in [-0.39, 0.29) is 0 Å². The first-order chi connectivity index (χ1) is 9.16. The smallest absolute Gasteiger partial charge is 0.248 e. The van der Waals surface area contributed by atoms with E-state index in [0.29, 0.717) is 5.56 Å². The van der Waals surface area contributed by atoms with E-state index < -0.39 is 5.91 Å². The van der Waals surface area contributed by atoms with Gasteiger partial charge in [-0.05, 0) is 41.8 Å². The molecule has 0 fully saturated rings. The molecule has 1 heterocycles. The molecule has 19 heavy (non-hydrogen) atoms. The summed E-state index contributed by atoms with van der Waals surface area (Å²) in [5.41, 5.74) is 9.27. The monoisotopic (exact) mass is 255 g/mol. The molecule has 0 bridgehead atoms. The average molecular weight is 255 g/mol. The van der Waals surface area contributed by atoms with E-state index >= 15 is 0 Å². The predicted octanol–water partition coefficient (Wildman–Crippen LogP) is 1.78. The number of carbonyl (C=O) groups excluding carboxylic acids is 1. The van der Waals surface area contributed by atoms with Gasteiger partial charge in [-0.2, -0.15) is 0 Å². The van der Waals surface area contributed by atoms with Crippen LogP contribution in [0.1, 0.15) is 27.0 Å². The highest BCUT2D eigenvalue weighted by atomic mass is 16.1. The number of hydrogen-bond acceptors (Lipinski definition) is 3. The number of nitrogens with two attached hydrogens (primary N) is 1. The summed E-state index contributed by atoms with van der Waals surface area (Å²) in [6.45, 7) is 3.60. The third kappa shape index (κ3) is 3.63. The molecular formula is C15H17N3O. The summed E-state index contributed by atoms with van der Waals surface area (Å²) in [7, 11) is 0. The number of carbonyl (C=O) groups is 1. The highest BCUT2D eigenvalue weighted by Gasteiger charge is 2.00. The average Bonchev–Trinajstić information content (AvgIpc) is 2.41. The van der Waals surface area contributed by atoms with Crippen LogP contribution in [0.15, 0.2) is 42.7 Å². The maximum Gasteiger partial charge on any atom is 0.248 e. The molecule has 1 aromatic carbocycles. The number of pyridine rings is 1. The zero-order chi connectivity index (χ0) is 13.7. The van der Waals surface area contributed by atoms with Crippen LogP contribution in [-0.2, 0) is 13.1 Å². The molecule has 98 valence electrons. The van der Waals surface area contributed by atoms with Crippen molar-refractivity contribution in [2.24, 2.45) is 5.73 Å². The van der Waals surface area contributed by atoms with Crippen LogP contribution in [0.2, 0.25) is 0 Å². The van der Waals surface area contributed by atoms with Crippen LogP contribution in [0.5, 0.6) is 0 Å². The van der Waals surface area contributed by atoms with E-state index in [9.17, 15) is 4.79 Å². The van der Waals surface area contributed by atoms with Gasteiger partial charge in [-0.3, -0.25) is 9.78 Å². The molecule has 0 spiro atoms. The van der Waals surface area contributed by atoms with Gasteiger partial charge in [0.1, 0.15) is 0 Å². The van der Waals surface area contributed by atoms with Gasteiger partial charge in [0.15, 0.2) is 0 Å². The van der Waals surface area contributed by atoms with Crippen molar-refractivity contribution in [3.63, 3.8) is 0 Å². The summed E-state index contributed by atoms with van der Waals surface area (Å²) in [6.07, 6.45) is 3.66. The normalized spacial score (nSPS) is 10.4. The SMILES string of the molecule is Cc1cnccc1CNCc1ccc(C(N)=O)cc1. The molecule has 1 aromatic heterocycles. The van der Waals surface area contributed by atoms with E-state index in [1.165, 1.54) is 11.1 Å². The number of aryl methyl sites for hydroxylation is 1. The maximum atomic E-state index is 10.9. The zero-order valence-corrected chi connectivity index (χ0v) is 10.9. The van der Waals surface area contributed by atoms with Gasteiger partial charge >= 0.3 is 0 Å². The lowest BCUT2D eigenvalue weighted by molar-refractivity contribution is 0.100. The number of benzene rings is 1. The van der Waals surface area contributed by atoms with Gasteiger partial charge in [0, 0.05) is 31.0 Å². The number of nitrogens with one attached hydrogen (secondary N) is 1. The Morgan fingerprint density at radius 2 is 1.95 bits per heavy atom. The van der Waals surface area contributed by atoms with Crippen LogP contribution in [0, 0.1) is 6.92 Å². The lowest BCUT2D eigenvalue weighted by Gasteiger charge is -2.07. The summed E-state index contributed by atoms with van der Waals surface area (Å²) in [5.74, 6) is -0.396. The molecule has 4 nitrogen and oxygen atoms in total. The number of hydrogen-bond donors (Lipinski definition) is 2. The number of rotatable bonds is 5. The van der Waals surface area contributed by atoms with Gasteiger partial charge in [-0.15, -0.1) is 0 Å². The van der Waals surface area contributed by atoms with E-state index in [0.717, 1.165) is 18.7 Å². The van der Waals surface area contributed by atoms with Crippen molar-refractivity contribution < 1.29 is 4.79 Å². The number of amides is 1. The summed E-state index contributed by atoms with van der Waals surface area (Å²) in [4.78, 5) is 15.0. The van der Waals surface area contributed by atoms with Gasteiger partial charge in [-0.1, -0.05) is 12.1 Å². The van der Waals surface area contributed by atoms with Crippen molar-refractivity contribution >= 4 is 5.91 Å². The Balaban J connectivity index is 1.89. The predicted molar refractivity (Wildman–Crippen MR) is 74.5 cm³/mol. The Bertz CT molecular complexity index is 564. The largest absolute Gasteiger partial charge is 0.366 e. The number of aromatic nitrogens is 1. The van der Waals surface area contributed by atoms with E-state index in [1.54, 1.807) is 18.3 Å². The minimum atomic E-state index is -0.396. The van der Waals surface area contributed by atoms with Gasteiger partial charge < -0.3 is 11.1 Å². The second-order valence-electron chi connectivity index (χ2n) is 4.47. The fourth-order valence-corrected chi connectivity index (χ4v) is 1.83. The molecule has 0 radical (unpaired) electrons. The van der Waals surface area contributed by atoms with Gasteiger partial charge in [0.05, 0.1) is 0 Å². The van der Waals surface area contributed by atoms with Crippen molar-refractivity contribution in [2.45, 2.75) is 20.0 Å². The van der Waals surface area contributed by atoms with Crippen molar-refractivity contribution in [2.75, 3.05) is 0 Å². The Kier molecular flexibility index (Phi) is 4.26. The Morgan fingerprint density at radius 3 is 2.58 bits per heavy atom. The van der Waals surface area contributed by atoms with Crippen LogP contribution in [0.25, 0.3) is 0 Å². The van der Waals surface area contributed by atoms with Crippen LogP contribution in [0.4, 0.5) is 0 Å². The first-order valence-electron chi connectivity index (χ1n) is 6.16. The standard InChI is InChI=1S/C15H17N3O/c1-11-8-17-7-6-14(11)10-18-9-12-2-4-13(5-3-12)15(16)19/h2-8,18H,9-10H2,1H3,(H2,16,19). The fraction of sp³-hybridized carbons (Fsp3) is 0.200. The second kappa shape index (κ2) is 6.11. The first-order valence-corrected chi connectivity index (χ1v) is 6.16. The molecule has 1 amide bonds. The minimum absolute atomic E-state index is 0.396. The van der Waals surface area contributed by atoms with Crippen LogP contribution in [-0.4, -0.2) is 10.9 Å². The first kappa shape index (κ1) is 13.2. The van der Waals surface area contributed by atoms with Crippen molar-refractivity contribution in [3.05, 3.63) is 65.0 Å². The highest BCUT2D eigenvalue weighted by molar-refractivity contribution is 5.92. The van der Waals surface area contributed by atoms with Crippen molar-refractivity contribution in [3.8, 4) is 0 Å². The highest BCUT2D eigenvalue weighted by Crippen LogP contribution is 2.06. The molecular weight excluding hydrogens is 238 g/mol. The quantitative estimate of drug-likeness (QED) is 0.855. The van der Waals surface area contributed by atoms with Crippen LogP contribution < -0.4 is 11.1 Å². The van der Waals surface area contributed by atoms with Crippen LogP contribution >= 0.6 is 0 Å². The molecule has 3 N–H and O–H groups in total. The summed E-state index contributed by atoms with van der Waals surface area (Å²) in [5, 5.41) is 3.36. The van der Waals surface area contributed by atoms with E-state index in [2.05, 4.69) is 10.3 Å². The second-order valence-corrected chi connectivity index (χ2v) is 4.47. The fourth-order valence-electron chi connectivity index (χ4n) is 1.83. The Labute approximate surface area is 112 Å². The third-order valence-electron chi connectivity index (χ3n) is 3.02. The topological polar surface area (TPSA) is 68.0 Å². The minimum Gasteiger partial charge on any atom is -0.366 e. The van der Waals surface area contributed by atoms with Crippen molar-refractivity contribution in [1.82, 2.24) is 10.3 Å². The number of nitrogens with zero attached hydrogens (tertiary/aromatic N) is 1. The van der Waals surface area contributed by atoms with Gasteiger partial charge in [0.2, 0.25) is 5.91 Å². The molecule has 0 atom stereocenters. The van der Waals surface area contributed by atoms with E-state index in [4.69, 9.17) is 5.73 Å². The van der Waals surface area contributed by atoms with Gasteiger partial charge in [-0.25, -0.2) is 0 Å². The molecule has 2 rings (SSSR count). The summed E-state index contributed by atoms with van der Waals surface area (Å²) >= 11 is 0. The van der Waals surface area contributed by atoms with E-state index in [1.807, 2.05) is 31.3 Å². The van der Waals surface area contributed by atoms with Gasteiger partial charge in [0.25, 0.3) is 0 Å². The molecule has 0 unspecified atom stereocenters.